The molecule has 0 unspecified atom stereocenters. The van der Waals surface area contributed by atoms with Crippen LogP contribution in [0, 0.1) is 0 Å². The van der Waals surface area contributed by atoms with Gasteiger partial charge in [0.2, 0.25) is 0 Å². The first-order valence-corrected chi connectivity index (χ1v) is 4.39. The Morgan fingerprint density at radius 1 is 1.54 bits per heavy atom. The summed E-state index contributed by atoms with van der Waals surface area (Å²) in [5, 5.41) is 0. The van der Waals surface area contributed by atoms with Gasteiger partial charge >= 0.3 is 0 Å². The summed E-state index contributed by atoms with van der Waals surface area (Å²) < 4.78 is 0. The Bertz CT molecular complexity index is 418. The van der Waals surface area contributed by atoms with E-state index in [1.54, 1.807) is 6.33 Å². The lowest BCUT2D eigenvalue weighted by Crippen LogP contribution is -1.96. The van der Waals surface area contributed by atoms with Gasteiger partial charge in [0, 0.05) is 5.69 Å². The van der Waals surface area contributed by atoms with Gasteiger partial charge in [0.1, 0.15) is 5.52 Å². The van der Waals surface area contributed by atoms with Crippen molar-refractivity contribution in [2.75, 3.05) is 5.73 Å². The van der Waals surface area contributed by atoms with Crippen LogP contribution in [0.5, 0.6) is 0 Å². The van der Waals surface area contributed by atoms with Crippen LogP contribution in [0.1, 0.15) is 19.0 Å². The van der Waals surface area contributed by atoms with E-state index >= 15 is 0 Å². The highest BCUT2D eigenvalue weighted by molar-refractivity contribution is 5.84. The van der Waals surface area contributed by atoms with Crippen molar-refractivity contribution >= 4 is 16.9 Å². The van der Waals surface area contributed by atoms with Gasteiger partial charge in [-0.2, -0.15) is 0 Å². The van der Waals surface area contributed by atoms with Crippen LogP contribution >= 0.6 is 0 Å². The molecule has 3 N–H and O–H groups in total. The molecule has 0 aliphatic carbocycles. The number of rotatable bonds is 2. The number of fused-ring (bicyclic) bond motifs is 1. The number of nitrogen functional groups attached to an aromatic ring is 1. The molecule has 2 heterocycles. The van der Waals surface area contributed by atoms with Crippen molar-refractivity contribution in [3.8, 4) is 0 Å². The van der Waals surface area contributed by atoms with Gasteiger partial charge in [-0.3, -0.25) is 0 Å². The van der Waals surface area contributed by atoms with Gasteiger partial charge in [0.15, 0.2) is 5.82 Å². The van der Waals surface area contributed by atoms with Crippen LogP contribution in [0.15, 0.2) is 12.4 Å². The van der Waals surface area contributed by atoms with E-state index in [0.29, 0.717) is 5.82 Å². The summed E-state index contributed by atoms with van der Waals surface area (Å²) in [7, 11) is 0. The van der Waals surface area contributed by atoms with Gasteiger partial charge < -0.3 is 10.7 Å². The zero-order chi connectivity index (χ0) is 9.26. The zero-order valence-electron chi connectivity index (χ0n) is 7.54. The van der Waals surface area contributed by atoms with E-state index in [1.807, 2.05) is 6.07 Å². The van der Waals surface area contributed by atoms with Gasteiger partial charge in [-0.15, -0.1) is 0 Å². The van der Waals surface area contributed by atoms with Gasteiger partial charge in [-0.1, -0.05) is 13.3 Å². The first kappa shape index (κ1) is 8.04. The molecule has 0 aromatic carbocycles. The highest BCUT2D eigenvalue weighted by atomic mass is 14.9. The summed E-state index contributed by atoms with van der Waals surface area (Å²) in [5.74, 6) is 0.516. The largest absolute Gasteiger partial charge is 0.382 e. The fraction of sp³-hybridized carbons (Fsp3) is 0.333. The fourth-order valence-electron chi connectivity index (χ4n) is 1.41. The number of H-pyrrole nitrogens is 1. The van der Waals surface area contributed by atoms with Crippen LogP contribution < -0.4 is 5.73 Å². The summed E-state index contributed by atoms with van der Waals surface area (Å²) >= 11 is 0. The molecular formula is C9H12N4. The number of pyridine rings is 1. The Hall–Kier alpha value is -1.58. The van der Waals surface area contributed by atoms with Gasteiger partial charge in [0.05, 0.1) is 11.8 Å². The minimum atomic E-state index is 0.516. The van der Waals surface area contributed by atoms with Gasteiger partial charge in [-0.05, 0) is 12.5 Å². The Morgan fingerprint density at radius 2 is 2.38 bits per heavy atom. The molecule has 0 fully saturated rings. The van der Waals surface area contributed by atoms with Crippen molar-refractivity contribution in [3.05, 3.63) is 18.1 Å². The van der Waals surface area contributed by atoms with Crippen LogP contribution in [0.3, 0.4) is 0 Å². The molecule has 0 amide bonds. The van der Waals surface area contributed by atoms with E-state index in [9.17, 15) is 0 Å². The van der Waals surface area contributed by atoms with Crippen molar-refractivity contribution in [2.24, 2.45) is 0 Å². The van der Waals surface area contributed by atoms with Gasteiger partial charge in [-0.25, -0.2) is 9.97 Å². The maximum atomic E-state index is 5.74. The number of aromatic amines is 1. The molecular weight excluding hydrogens is 164 g/mol. The molecule has 68 valence electrons. The predicted molar refractivity (Wildman–Crippen MR) is 52.3 cm³/mol. The molecule has 2 rings (SSSR count). The topological polar surface area (TPSA) is 67.6 Å². The number of nitrogens with zero attached hydrogens (tertiary/aromatic N) is 2. The fourth-order valence-corrected chi connectivity index (χ4v) is 1.41. The number of imidazole rings is 1. The van der Waals surface area contributed by atoms with Crippen LogP contribution in [0.25, 0.3) is 11.0 Å². The van der Waals surface area contributed by atoms with E-state index in [0.717, 1.165) is 29.6 Å². The van der Waals surface area contributed by atoms with E-state index in [1.165, 1.54) is 0 Å². The van der Waals surface area contributed by atoms with Crippen molar-refractivity contribution in [1.29, 1.82) is 0 Å². The standard InChI is InChI=1S/C9H12N4/c1-2-3-6-4-7-8(9(10)13-6)12-5-11-7/h4-5H,2-3H2,1H3,(H2,10,13)(H,11,12). The SMILES string of the molecule is CCCc1cc2[nH]cnc2c(N)n1. The van der Waals surface area contributed by atoms with Crippen molar-refractivity contribution in [1.82, 2.24) is 15.0 Å². The minimum absolute atomic E-state index is 0.516. The molecule has 0 radical (unpaired) electrons. The van der Waals surface area contributed by atoms with Crippen LogP contribution in [-0.2, 0) is 6.42 Å². The molecule has 0 spiro atoms. The van der Waals surface area contributed by atoms with Crippen LogP contribution in [-0.4, -0.2) is 15.0 Å². The average molecular weight is 176 g/mol. The second-order valence-corrected chi connectivity index (χ2v) is 3.05. The molecule has 13 heavy (non-hydrogen) atoms. The normalized spacial score (nSPS) is 10.8. The summed E-state index contributed by atoms with van der Waals surface area (Å²) in [6.45, 7) is 2.12. The third-order valence-electron chi connectivity index (χ3n) is 1.99. The van der Waals surface area contributed by atoms with Crippen molar-refractivity contribution in [2.45, 2.75) is 19.8 Å². The minimum Gasteiger partial charge on any atom is -0.382 e. The number of aryl methyl sites for hydroxylation is 1. The molecule has 2 aromatic rings. The van der Waals surface area contributed by atoms with Crippen molar-refractivity contribution < 1.29 is 0 Å². The molecule has 4 nitrogen and oxygen atoms in total. The summed E-state index contributed by atoms with van der Waals surface area (Å²) in [6, 6.07) is 2.00. The van der Waals surface area contributed by atoms with E-state index in [-0.39, 0.29) is 0 Å². The third-order valence-corrected chi connectivity index (χ3v) is 1.99. The summed E-state index contributed by atoms with van der Waals surface area (Å²) in [6.07, 6.45) is 3.67. The predicted octanol–water partition coefficient (Wildman–Crippen LogP) is 1.49. The average Bonchev–Trinajstić information content (AvgIpc) is 2.53. The molecule has 0 bridgehead atoms. The molecule has 0 aliphatic heterocycles. The van der Waals surface area contributed by atoms with Crippen molar-refractivity contribution in [3.63, 3.8) is 0 Å². The number of nitrogens with one attached hydrogen (secondary N) is 1. The number of hydrogen-bond acceptors (Lipinski definition) is 3. The Balaban J connectivity index is 2.56. The number of hydrogen-bond donors (Lipinski definition) is 2. The summed E-state index contributed by atoms with van der Waals surface area (Å²) in [5.41, 5.74) is 8.50. The highest BCUT2D eigenvalue weighted by Gasteiger charge is 2.04. The number of aromatic nitrogens is 3. The monoisotopic (exact) mass is 176 g/mol. The Morgan fingerprint density at radius 3 is 3.15 bits per heavy atom. The second-order valence-electron chi connectivity index (χ2n) is 3.05. The molecule has 0 saturated carbocycles. The number of anilines is 1. The first-order valence-electron chi connectivity index (χ1n) is 4.39. The van der Waals surface area contributed by atoms with E-state index in [2.05, 4.69) is 21.9 Å². The first-order chi connectivity index (χ1) is 6.31. The van der Waals surface area contributed by atoms with E-state index in [4.69, 9.17) is 5.73 Å². The highest BCUT2D eigenvalue weighted by Crippen LogP contribution is 2.16. The molecule has 0 saturated heterocycles. The molecule has 0 atom stereocenters. The summed E-state index contributed by atoms with van der Waals surface area (Å²) in [4.78, 5) is 11.4. The molecule has 4 heteroatoms. The maximum absolute atomic E-state index is 5.74. The quantitative estimate of drug-likeness (QED) is 0.728. The Kier molecular flexibility index (Phi) is 1.88. The lowest BCUT2D eigenvalue weighted by atomic mass is 10.2. The molecule has 2 aromatic heterocycles. The number of nitrogens with two attached hydrogens (primary N) is 1. The van der Waals surface area contributed by atoms with E-state index < -0.39 is 0 Å². The van der Waals surface area contributed by atoms with Gasteiger partial charge in [0.25, 0.3) is 0 Å². The van der Waals surface area contributed by atoms with Crippen LogP contribution in [0.2, 0.25) is 0 Å². The van der Waals surface area contributed by atoms with Crippen LogP contribution in [0.4, 0.5) is 5.82 Å². The second kappa shape index (κ2) is 3.05. The lowest BCUT2D eigenvalue weighted by Gasteiger charge is -1.99. The zero-order valence-corrected chi connectivity index (χ0v) is 7.54. The lowest BCUT2D eigenvalue weighted by molar-refractivity contribution is 0.887. The smallest absolute Gasteiger partial charge is 0.151 e. The Labute approximate surface area is 76.2 Å². The molecule has 0 aliphatic rings. The maximum Gasteiger partial charge on any atom is 0.151 e. The third kappa shape index (κ3) is 1.35.